The zero-order valence-corrected chi connectivity index (χ0v) is 20.8. The van der Waals surface area contributed by atoms with Crippen molar-refractivity contribution >= 4 is 34.6 Å². The third-order valence-electron chi connectivity index (χ3n) is 5.93. The van der Waals surface area contributed by atoms with E-state index in [1.54, 1.807) is 23.9 Å². The normalized spacial score (nSPS) is 12.7. The Bertz CT molecular complexity index is 1270. The van der Waals surface area contributed by atoms with Crippen LogP contribution in [-0.4, -0.2) is 33.4 Å². The molecule has 0 saturated heterocycles. The lowest BCUT2D eigenvalue weighted by molar-refractivity contribution is -0.122. The average molecular weight is 487 g/mol. The zero-order chi connectivity index (χ0) is 24.6. The molecular weight excluding hydrogens is 456 g/mol. The molecule has 0 bridgehead atoms. The van der Waals surface area contributed by atoms with Gasteiger partial charge in [0, 0.05) is 5.56 Å². The number of hydrogen-bond donors (Lipinski definition) is 2. The minimum absolute atomic E-state index is 0.108. The molecule has 35 heavy (non-hydrogen) atoms. The maximum Gasteiger partial charge on any atom is 0.251 e. The Balaban J connectivity index is 1.62. The Morgan fingerprint density at radius 1 is 0.914 bits per heavy atom. The van der Waals surface area contributed by atoms with Crippen LogP contribution in [0.15, 0.2) is 84.9 Å². The molecule has 7 heteroatoms. The van der Waals surface area contributed by atoms with Crippen LogP contribution in [0.3, 0.4) is 0 Å². The van der Waals surface area contributed by atoms with Gasteiger partial charge >= 0.3 is 0 Å². The van der Waals surface area contributed by atoms with Crippen LogP contribution in [-0.2, 0) is 11.3 Å². The van der Waals surface area contributed by atoms with E-state index in [0.717, 1.165) is 22.3 Å². The van der Waals surface area contributed by atoms with Crippen LogP contribution in [0, 0.1) is 0 Å². The zero-order valence-electron chi connectivity index (χ0n) is 20.0. The molecule has 2 N–H and O–H groups in total. The van der Waals surface area contributed by atoms with Crippen molar-refractivity contribution in [3.8, 4) is 0 Å². The van der Waals surface area contributed by atoms with Crippen molar-refractivity contribution in [1.82, 2.24) is 20.2 Å². The van der Waals surface area contributed by atoms with E-state index in [9.17, 15) is 9.59 Å². The highest BCUT2D eigenvalue weighted by Crippen LogP contribution is 2.25. The minimum Gasteiger partial charge on any atom is -0.348 e. The fourth-order valence-corrected chi connectivity index (χ4v) is 4.59. The van der Waals surface area contributed by atoms with Crippen molar-refractivity contribution in [3.05, 3.63) is 102 Å². The fourth-order valence-electron chi connectivity index (χ4n) is 4.11. The van der Waals surface area contributed by atoms with Gasteiger partial charge in [0.25, 0.3) is 5.91 Å². The highest BCUT2D eigenvalue weighted by atomic mass is 32.2. The third-order valence-corrected chi connectivity index (χ3v) is 6.57. The number of aromatic nitrogens is 2. The van der Waals surface area contributed by atoms with Crippen molar-refractivity contribution in [2.75, 3.05) is 12.0 Å². The van der Waals surface area contributed by atoms with E-state index in [-0.39, 0.29) is 30.4 Å². The largest absolute Gasteiger partial charge is 0.348 e. The Hall–Kier alpha value is -3.58. The number of nitrogens with one attached hydrogen (secondary N) is 2. The Labute approximate surface area is 210 Å². The first-order valence-corrected chi connectivity index (χ1v) is 13.1. The fraction of sp³-hybridized carbons (Fsp3) is 0.250. The van der Waals surface area contributed by atoms with E-state index >= 15 is 0 Å². The maximum absolute atomic E-state index is 13.1. The number of imidazole rings is 1. The smallest absolute Gasteiger partial charge is 0.251 e. The third kappa shape index (κ3) is 6.11. The van der Waals surface area contributed by atoms with Crippen LogP contribution in [0.25, 0.3) is 11.0 Å². The van der Waals surface area contributed by atoms with E-state index in [4.69, 9.17) is 4.98 Å². The first-order valence-electron chi connectivity index (χ1n) is 11.7. The second kappa shape index (κ2) is 11.7. The van der Waals surface area contributed by atoms with Gasteiger partial charge in [0.05, 0.1) is 23.1 Å². The van der Waals surface area contributed by atoms with Crippen molar-refractivity contribution in [1.29, 1.82) is 0 Å². The Morgan fingerprint density at radius 2 is 1.57 bits per heavy atom. The molecular formula is C28H30N4O2S. The summed E-state index contributed by atoms with van der Waals surface area (Å²) in [6.45, 7) is 2.09. The van der Waals surface area contributed by atoms with Gasteiger partial charge in [0.1, 0.15) is 12.4 Å². The van der Waals surface area contributed by atoms with Gasteiger partial charge in [0.2, 0.25) is 5.91 Å². The lowest BCUT2D eigenvalue weighted by atomic mass is 10.1. The number of nitrogens with zero attached hydrogens (tertiary/aromatic N) is 2. The van der Waals surface area contributed by atoms with Gasteiger partial charge in [-0.15, -0.1) is 0 Å². The Morgan fingerprint density at radius 3 is 2.29 bits per heavy atom. The average Bonchev–Trinajstić information content (AvgIpc) is 3.25. The molecule has 0 aliphatic heterocycles. The first-order chi connectivity index (χ1) is 17.1. The lowest BCUT2D eigenvalue weighted by Crippen LogP contribution is -2.34. The summed E-state index contributed by atoms with van der Waals surface area (Å²) in [4.78, 5) is 31.0. The predicted octanol–water partition coefficient (Wildman–Crippen LogP) is 5.14. The molecule has 2 amide bonds. The molecule has 4 aromatic rings. The number of carbonyl (C=O) groups excluding carboxylic acids is 2. The van der Waals surface area contributed by atoms with Crippen LogP contribution in [0.4, 0.5) is 0 Å². The van der Waals surface area contributed by atoms with Crippen molar-refractivity contribution in [2.24, 2.45) is 0 Å². The highest BCUT2D eigenvalue weighted by molar-refractivity contribution is 7.98. The van der Waals surface area contributed by atoms with Crippen LogP contribution < -0.4 is 10.6 Å². The van der Waals surface area contributed by atoms with Gasteiger partial charge in [-0.05, 0) is 55.2 Å². The monoisotopic (exact) mass is 486 g/mol. The summed E-state index contributed by atoms with van der Waals surface area (Å²) in [5.74, 6) is 1.27. The van der Waals surface area contributed by atoms with Gasteiger partial charge in [-0.25, -0.2) is 4.98 Å². The number of amides is 2. The van der Waals surface area contributed by atoms with Crippen molar-refractivity contribution in [2.45, 2.75) is 32.0 Å². The molecule has 0 radical (unpaired) electrons. The predicted molar refractivity (Wildman–Crippen MR) is 142 cm³/mol. The number of para-hydroxylation sites is 2. The van der Waals surface area contributed by atoms with Crippen LogP contribution in [0.2, 0.25) is 0 Å². The van der Waals surface area contributed by atoms with Gasteiger partial charge in [0.15, 0.2) is 0 Å². The van der Waals surface area contributed by atoms with Crippen molar-refractivity contribution < 1.29 is 9.59 Å². The summed E-state index contributed by atoms with van der Waals surface area (Å²) in [6, 6.07) is 26.4. The molecule has 3 aromatic carbocycles. The molecule has 0 saturated carbocycles. The molecule has 0 aliphatic carbocycles. The molecule has 0 unspecified atom stereocenters. The molecule has 0 aliphatic rings. The Kier molecular flexibility index (Phi) is 8.21. The minimum atomic E-state index is -0.332. The van der Waals surface area contributed by atoms with Gasteiger partial charge in [-0.2, -0.15) is 11.8 Å². The van der Waals surface area contributed by atoms with E-state index in [2.05, 4.69) is 10.6 Å². The SMILES string of the molecule is CSCC[C@@H](NC(=O)c1ccccc1)c1nc2ccccc2n1CC(=O)N[C@H](C)c1ccccc1. The van der Waals surface area contributed by atoms with E-state index < -0.39 is 0 Å². The number of benzene rings is 3. The summed E-state index contributed by atoms with van der Waals surface area (Å²) in [6.07, 6.45) is 2.74. The van der Waals surface area contributed by atoms with Crippen LogP contribution in [0.5, 0.6) is 0 Å². The molecule has 2 atom stereocenters. The molecule has 1 heterocycles. The summed E-state index contributed by atoms with van der Waals surface area (Å²) in [5.41, 5.74) is 3.31. The molecule has 1 aromatic heterocycles. The van der Waals surface area contributed by atoms with Gasteiger partial charge in [-0.3, -0.25) is 9.59 Å². The summed E-state index contributed by atoms with van der Waals surface area (Å²) >= 11 is 1.71. The number of hydrogen-bond acceptors (Lipinski definition) is 4. The van der Waals surface area contributed by atoms with E-state index in [0.29, 0.717) is 17.8 Å². The van der Waals surface area contributed by atoms with E-state index in [1.165, 1.54) is 0 Å². The van der Waals surface area contributed by atoms with Gasteiger partial charge < -0.3 is 15.2 Å². The summed E-state index contributed by atoms with van der Waals surface area (Å²) in [5, 5.41) is 6.25. The maximum atomic E-state index is 13.1. The number of carbonyl (C=O) groups is 2. The number of rotatable bonds is 10. The van der Waals surface area contributed by atoms with Crippen LogP contribution >= 0.6 is 11.8 Å². The first kappa shape index (κ1) is 24.5. The highest BCUT2D eigenvalue weighted by Gasteiger charge is 2.24. The number of fused-ring (bicyclic) bond motifs is 1. The van der Waals surface area contributed by atoms with Crippen molar-refractivity contribution in [3.63, 3.8) is 0 Å². The standard InChI is InChI=1S/C28H30N4O2S/c1-20(21-11-5-3-6-12-21)29-26(33)19-32-25-16-10-9-15-23(25)30-27(32)24(17-18-35-2)31-28(34)22-13-7-4-8-14-22/h3-16,20,24H,17-19H2,1-2H3,(H,29,33)(H,31,34)/t20-,24-/m1/s1. The molecule has 180 valence electrons. The molecule has 4 rings (SSSR count). The second-order valence-electron chi connectivity index (χ2n) is 8.42. The van der Waals surface area contributed by atoms with E-state index in [1.807, 2.05) is 90.5 Å². The summed E-state index contributed by atoms with van der Waals surface area (Å²) < 4.78 is 1.93. The molecule has 0 spiro atoms. The van der Waals surface area contributed by atoms with Crippen LogP contribution in [0.1, 0.15) is 47.2 Å². The molecule has 6 nitrogen and oxygen atoms in total. The lowest BCUT2D eigenvalue weighted by Gasteiger charge is -2.21. The summed E-state index contributed by atoms with van der Waals surface area (Å²) in [7, 11) is 0. The number of thioether (sulfide) groups is 1. The van der Waals surface area contributed by atoms with Gasteiger partial charge in [-0.1, -0.05) is 60.7 Å². The quantitative estimate of drug-likeness (QED) is 0.326. The topological polar surface area (TPSA) is 76.0 Å². The molecule has 0 fully saturated rings. The second-order valence-corrected chi connectivity index (χ2v) is 9.40.